The lowest BCUT2D eigenvalue weighted by Gasteiger charge is -2.20. The van der Waals surface area contributed by atoms with E-state index in [-0.39, 0.29) is 18.5 Å². The zero-order valence-electron chi connectivity index (χ0n) is 40.6. The van der Waals surface area contributed by atoms with E-state index in [1.165, 1.54) is 186 Å². The highest BCUT2D eigenvalue weighted by Crippen LogP contribution is 2.16. The van der Waals surface area contributed by atoms with E-state index in [0.29, 0.717) is 19.4 Å². The first-order chi connectivity index (χ1) is 30.0. The molecule has 2 unspecified atom stereocenters. The Labute approximate surface area is 379 Å². The molecule has 0 radical (unpaired) electrons. The van der Waals surface area contributed by atoms with Crippen molar-refractivity contribution in [3.63, 3.8) is 0 Å². The molecule has 0 aromatic rings. The molecule has 0 fully saturated rings. The van der Waals surface area contributed by atoms with E-state index in [4.69, 9.17) is 4.74 Å². The highest BCUT2D eigenvalue weighted by Gasteiger charge is 2.18. The van der Waals surface area contributed by atoms with E-state index in [0.717, 1.165) is 64.2 Å². The molecule has 0 aromatic carbocycles. The van der Waals surface area contributed by atoms with Crippen LogP contribution in [0.3, 0.4) is 0 Å². The molecule has 358 valence electrons. The molecule has 0 bridgehead atoms. The average Bonchev–Trinajstić information content (AvgIpc) is 3.26. The van der Waals surface area contributed by atoms with Crippen molar-refractivity contribution in [3.8, 4) is 0 Å². The molecule has 2 atom stereocenters. The minimum atomic E-state index is -0.853. The van der Waals surface area contributed by atoms with Crippen LogP contribution in [-0.2, 0) is 14.3 Å². The van der Waals surface area contributed by atoms with Crippen molar-refractivity contribution in [2.45, 2.75) is 289 Å². The van der Waals surface area contributed by atoms with Gasteiger partial charge in [-0.1, -0.05) is 237 Å². The molecule has 0 aliphatic rings. The Morgan fingerprint density at radius 1 is 0.459 bits per heavy atom. The first kappa shape index (κ1) is 59.1. The van der Waals surface area contributed by atoms with Gasteiger partial charge in [0.25, 0.3) is 0 Å². The second kappa shape index (κ2) is 50.7. The van der Waals surface area contributed by atoms with Crippen LogP contribution in [0.15, 0.2) is 36.5 Å². The number of ether oxygens (including phenoxy) is 1. The third-order valence-electron chi connectivity index (χ3n) is 12.2. The number of allylic oxidation sites excluding steroid dienone is 5. The Bertz CT molecular complexity index is 993. The van der Waals surface area contributed by atoms with E-state index in [1.807, 2.05) is 6.08 Å². The fourth-order valence-electron chi connectivity index (χ4n) is 8.02. The van der Waals surface area contributed by atoms with Gasteiger partial charge in [-0.15, -0.1) is 0 Å². The highest BCUT2D eigenvalue weighted by atomic mass is 16.5. The van der Waals surface area contributed by atoms with Crippen LogP contribution in [0.1, 0.15) is 277 Å². The van der Waals surface area contributed by atoms with Gasteiger partial charge in [0, 0.05) is 12.8 Å². The van der Waals surface area contributed by atoms with Crippen LogP contribution >= 0.6 is 0 Å². The fraction of sp³-hybridized carbons (Fsp3) is 0.855. The third kappa shape index (κ3) is 47.4. The first-order valence-corrected chi connectivity index (χ1v) is 26.8. The molecule has 0 saturated heterocycles. The summed E-state index contributed by atoms with van der Waals surface area (Å²) in [7, 11) is 0. The maximum Gasteiger partial charge on any atom is 0.305 e. The zero-order valence-corrected chi connectivity index (χ0v) is 40.6. The van der Waals surface area contributed by atoms with Gasteiger partial charge < -0.3 is 20.3 Å². The highest BCUT2D eigenvalue weighted by molar-refractivity contribution is 5.76. The number of rotatable bonds is 49. The van der Waals surface area contributed by atoms with Gasteiger partial charge in [0.2, 0.25) is 5.91 Å². The van der Waals surface area contributed by atoms with Gasteiger partial charge >= 0.3 is 5.97 Å². The number of amides is 1. The lowest BCUT2D eigenvalue weighted by Crippen LogP contribution is -2.45. The van der Waals surface area contributed by atoms with Gasteiger partial charge in [-0.05, 0) is 64.2 Å². The number of carbonyl (C=O) groups is 2. The van der Waals surface area contributed by atoms with E-state index in [2.05, 4.69) is 43.5 Å². The standard InChI is InChI=1S/C55H103NO5/c1-3-5-7-9-11-13-15-17-18-19-20-21-25-29-33-37-41-45-49-55(60)61-50-46-42-38-34-30-26-22-24-28-32-36-40-44-48-54(59)56-52(51-57)53(58)47-43-39-35-31-27-23-16-14-12-10-8-6-4-2/h13,15,18-19,43,47,52-53,57-58H,3-12,14,16-17,20-42,44-46,48-51H2,1-2H3,(H,56,59)/b15-13-,19-18-,47-43+. The van der Waals surface area contributed by atoms with Crippen LogP contribution in [0.4, 0.5) is 0 Å². The summed E-state index contributed by atoms with van der Waals surface area (Å²) in [5.41, 5.74) is 0. The van der Waals surface area contributed by atoms with Crippen LogP contribution in [0.2, 0.25) is 0 Å². The van der Waals surface area contributed by atoms with Gasteiger partial charge in [0.1, 0.15) is 0 Å². The van der Waals surface area contributed by atoms with Gasteiger partial charge in [-0.2, -0.15) is 0 Å². The SMILES string of the molecule is CCCCCC/C=C\C/C=C\CCCCCCCCCC(=O)OCCCCCCCCCCCCCCCC(=O)NC(CO)C(O)/C=C/CCCCCCCCCCCCC. The normalized spacial score (nSPS) is 12.9. The maximum absolute atomic E-state index is 12.4. The molecular weight excluding hydrogens is 755 g/mol. The summed E-state index contributed by atoms with van der Waals surface area (Å²) in [5.74, 6) is -0.0966. The number of esters is 1. The molecule has 0 rings (SSSR count). The predicted molar refractivity (Wildman–Crippen MR) is 264 cm³/mol. The van der Waals surface area contributed by atoms with E-state index < -0.39 is 12.1 Å². The number of unbranched alkanes of at least 4 members (excludes halogenated alkanes) is 34. The van der Waals surface area contributed by atoms with Crippen molar-refractivity contribution in [2.24, 2.45) is 0 Å². The number of aliphatic hydroxyl groups is 2. The largest absolute Gasteiger partial charge is 0.466 e. The smallest absolute Gasteiger partial charge is 0.305 e. The van der Waals surface area contributed by atoms with Crippen molar-refractivity contribution in [1.82, 2.24) is 5.32 Å². The monoisotopic (exact) mass is 858 g/mol. The number of hydrogen-bond acceptors (Lipinski definition) is 5. The summed E-state index contributed by atoms with van der Waals surface area (Å²) in [6, 6.07) is -0.637. The Morgan fingerprint density at radius 2 is 0.820 bits per heavy atom. The first-order valence-electron chi connectivity index (χ1n) is 26.8. The lowest BCUT2D eigenvalue weighted by atomic mass is 10.0. The third-order valence-corrected chi connectivity index (χ3v) is 12.2. The summed E-state index contributed by atoms with van der Waals surface area (Å²) in [6.45, 7) is 4.85. The molecule has 0 aliphatic carbocycles. The van der Waals surface area contributed by atoms with E-state index in [1.54, 1.807) is 6.08 Å². The minimum absolute atomic E-state index is 0.0147. The molecule has 3 N–H and O–H groups in total. The van der Waals surface area contributed by atoms with Crippen molar-refractivity contribution in [2.75, 3.05) is 13.2 Å². The predicted octanol–water partition coefficient (Wildman–Crippen LogP) is 16.1. The number of carbonyl (C=O) groups excluding carboxylic acids is 2. The van der Waals surface area contributed by atoms with Crippen LogP contribution in [0.5, 0.6) is 0 Å². The lowest BCUT2D eigenvalue weighted by molar-refractivity contribution is -0.143. The van der Waals surface area contributed by atoms with Gasteiger partial charge in [0.15, 0.2) is 0 Å². The van der Waals surface area contributed by atoms with E-state index in [9.17, 15) is 19.8 Å². The van der Waals surface area contributed by atoms with Crippen LogP contribution in [-0.4, -0.2) is 47.4 Å². The Morgan fingerprint density at radius 3 is 1.26 bits per heavy atom. The second-order valence-corrected chi connectivity index (χ2v) is 18.2. The van der Waals surface area contributed by atoms with Crippen LogP contribution in [0.25, 0.3) is 0 Å². The van der Waals surface area contributed by atoms with Gasteiger partial charge in [-0.3, -0.25) is 9.59 Å². The van der Waals surface area contributed by atoms with Crippen molar-refractivity contribution >= 4 is 11.9 Å². The summed E-state index contributed by atoms with van der Waals surface area (Å²) < 4.78 is 5.47. The maximum atomic E-state index is 12.4. The van der Waals surface area contributed by atoms with Crippen molar-refractivity contribution < 1.29 is 24.5 Å². The average molecular weight is 858 g/mol. The molecule has 6 heteroatoms. The Balaban J connectivity index is 3.47. The fourth-order valence-corrected chi connectivity index (χ4v) is 8.02. The topological polar surface area (TPSA) is 95.9 Å². The number of hydrogen-bond donors (Lipinski definition) is 3. The number of nitrogens with one attached hydrogen (secondary N) is 1. The second-order valence-electron chi connectivity index (χ2n) is 18.2. The van der Waals surface area contributed by atoms with Crippen LogP contribution in [0, 0.1) is 0 Å². The van der Waals surface area contributed by atoms with Crippen molar-refractivity contribution in [1.29, 1.82) is 0 Å². The summed E-state index contributed by atoms with van der Waals surface area (Å²) in [4.78, 5) is 24.5. The van der Waals surface area contributed by atoms with E-state index >= 15 is 0 Å². The number of aliphatic hydroxyl groups excluding tert-OH is 2. The summed E-state index contributed by atoms with van der Waals surface area (Å²) in [6.07, 6.45) is 61.4. The molecule has 0 aromatic heterocycles. The zero-order chi connectivity index (χ0) is 44.4. The van der Waals surface area contributed by atoms with Gasteiger partial charge in [-0.25, -0.2) is 0 Å². The Hall–Kier alpha value is -1.92. The molecule has 61 heavy (non-hydrogen) atoms. The molecule has 0 heterocycles. The molecule has 0 saturated carbocycles. The minimum Gasteiger partial charge on any atom is -0.466 e. The molecule has 0 aliphatic heterocycles. The van der Waals surface area contributed by atoms with Crippen LogP contribution < -0.4 is 5.32 Å². The Kier molecular flexibility index (Phi) is 49.1. The quantitative estimate of drug-likeness (QED) is 0.0322. The van der Waals surface area contributed by atoms with Gasteiger partial charge in [0.05, 0.1) is 25.4 Å². The molecule has 0 spiro atoms. The molecule has 1 amide bonds. The summed E-state index contributed by atoms with van der Waals surface area (Å²) in [5, 5.41) is 23.0. The van der Waals surface area contributed by atoms with Crippen molar-refractivity contribution in [3.05, 3.63) is 36.5 Å². The summed E-state index contributed by atoms with van der Waals surface area (Å²) >= 11 is 0. The molecule has 6 nitrogen and oxygen atoms in total. The molecular formula is C55H103NO5.